The second kappa shape index (κ2) is 5.74. The van der Waals surface area contributed by atoms with E-state index in [1.54, 1.807) is 6.20 Å². The van der Waals surface area contributed by atoms with Gasteiger partial charge >= 0.3 is 0 Å². The number of hydrogen-bond acceptors (Lipinski definition) is 3. The molecule has 5 nitrogen and oxygen atoms in total. The Hall–Kier alpha value is -1.36. The van der Waals surface area contributed by atoms with Crippen LogP contribution in [0.15, 0.2) is 12.4 Å². The summed E-state index contributed by atoms with van der Waals surface area (Å²) in [5, 5.41) is 10.7. The highest BCUT2D eigenvalue weighted by molar-refractivity contribution is 5.94. The summed E-state index contributed by atoms with van der Waals surface area (Å²) in [6.45, 7) is 8.02. The molecule has 19 heavy (non-hydrogen) atoms. The molecule has 106 valence electrons. The first kappa shape index (κ1) is 14.1. The van der Waals surface area contributed by atoms with Crippen molar-refractivity contribution < 1.29 is 4.79 Å². The van der Waals surface area contributed by atoms with Gasteiger partial charge in [-0.1, -0.05) is 20.8 Å². The summed E-state index contributed by atoms with van der Waals surface area (Å²) in [7, 11) is 0. The fourth-order valence-corrected chi connectivity index (χ4v) is 2.13. The normalized spacial score (nSPS) is 17.4. The molecule has 0 saturated carbocycles. The largest absolute Gasteiger partial charge is 0.323 e. The van der Waals surface area contributed by atoms with Crippen LogP contribution >= 0.6 is 0 Å². The number of anilines is 1. The van der Waals surface area contributed by atoms with Crippen LogP contribution in [-0.4, -0.2) is 28.8 Å². The van der Waals surface area contributed by atoms with Crippen molar-refractivity contribution >= 4 is 11.6 Å². The van der Waals surface area contributed by atoms with Gasteiger partial charge < -0.3 is 10.6 Å². The lowest BCUT2D eigenvalue weighted by molar-refractivity contribution is -0.124. The van der Waals surface area contributed by atoms with E-state index in [0.29, 0.717) is 6.04 Å². The Bertz CT molecular complexity index is 432. The topological polar surface area (TPSA) is 59.0 Å². The van der Waals surface area contributed by atoms with E-state index in [2.05, 4.69) is 15.7 Å². The molecule has 1 aromatic heterocycles. The molecule has 0 atom stereocenters. The molecule has 1 fully saturated rings. The minimum Gasteiger partial charge on any atom is -0.323 e. The quantitative estimate of drug-likeness (QED) is 0.876. The van der Waals surface area contributed by atoms with E-state index >= 15 is 0 Å². The van der Waals surface area contributed by atoms with E-state index in [4.69, 9.17) is 0 Å². The first-order valence-electron chi connectivity index (χ1n) is 7.09. The lowest BCUT2D eigenvalue weighted by Crippen LogP contribution is -2.30. The minimum absolute atomic E-state index is 0.0554. The third-order valence-corrected chi connectivity index (χ3v) is 4.04. The van der Waals surface area contributed by atoms with Crippen LogP contribution in [0.3, 0.4) is 0 Å². The highest BCUT2D eigenvalue weighted by Gasteiger charge is 2.25. The monoisotopic (exact) mass is 264 g/mol. The number of carbonyl (C=O) groups excluding carboxylic acids is 1. The number of rotatable bonds is 4. The molecule has 1 saturated heterocycles. The predicted octanol–water partition coefficient (Wildman–Crippen LogP) is 2.18. The molecular weight excluding hydrogens is 240 g/mol. The van der Waals surface area contributed by atoms with Gasteiger partial charge in [0, 0.05) is 11.6 Å². The smallest absolute Gasteiger partial charge is 0.230 e. The number of piperidine rings is 1. The van der Waals surface area contributed by atoms with Crippen LogP contribution in [0, 0.1) is 5.41 Å². The summed E-state index contributed by atoms with van der Waals surface area (Å²) in [5.41, 5.74) is 0.460. The summed E-state index contributed by atoms with van der Waals surface area (Å²) in [6, 6.07) is 0.450. The first-order valence-corrected chi connectivity index (χ1v) is 7.09. The zero-order chi connectivity index (χ0) is 13.9. The van der Waals surface area contributed by atoms with Gasteiger partial charge in [0.15, 0.2) is 0 Å². The van der Waals surface area contributed by atoms with Crippen molar-refractivity contribution in [3.8, 4) is 0 Å². The zero-order valence-electron chi connectivity index (χ0n) is 12.1. The van der Waals surface area contributed by atoms with Gasteiger partial charge in [-0.2, -0.15) is 5.10 Å². The Kier molecular flexibility index (Phi) is 4.24. The Balaban J connectivity index is 1.99. The van der Waals surface area contributed by atoms with Crippen LogP contribution in [0.1, 0.15) is 46.1 Å². The van der Waals surface area contributed by atoms with Crippen molar-refractivity contribution in [1.29, 1.82) is 0 Å². The SMILES string of the molecule is CCC(C)(C)C(=O)Nc1cnn(C2CCNCC2)c1. The minimum atomic E-state index is -0.336. The Morgan fingerprint density at radius 2 is 2.21 bits per heavy atom. The van der Waals surface area contributed by atoms with Gasteiger partial charge in [0.2, 0.25) is 5.91 Å². The molecule has 0 bridgehead atoms. The van der Waals surface area contributed by atoms with Gasteiger partial charge in [-0.15, -0.1) is 0 Å². The number of nitrogens with zero attached hydrogens (tertiary/aromatic N) is 2. The third kappa shape index (κ3) is 3.35. The van der Waals surface area contributed by atoms with Crippen molar-refractivity contribution in [3.63, 3.8) is 0 Å². The molecule has 5 heteroatoms. The van der Waals surface area contributed by atoms with E-state index in [0.717, 1.165) is 38.0 Å². The van der Waals surface area contributed by atoms with E-state index in [1.165, 1.54) is 0 Å². The predicted molar refractivity (Wildman–Crippen MR) is 76.1 cm³/mol. The standard InChI is InChI=1S/C14H24N4O/c1-4-14(2,3)13(19)17-11-9-16-18(10-11)12-5-7-15-8-6-12/h9-10,12,15H,4-8H2,1-3H3,(H,17,19). The lowest BCUT2D eigenvalue weighted by Gasteiger charge is -2.23. The number of aromatic nitrogens is 2. The Morgan fingerprint density at radius 1 is 1.53 bits per heavy atom. The van der Waals surface area contributed by atoms with Crippen LogP contribution in [0.25, 0.3) is 0 Å². The number of amides is 1. The average molecular weight is 264 g/mol. The number of carbonyl (C=O) groups is 1. The van der Waals surface area contributed by atoms with E-state index in [1.807, 2.05) is 31.6 Å². The highest BCUT2D eigenvalue weighted by atomic mass is 16.2. The molecule has 2 N–H and O–H groups in total. The molecule has 2 rings (SSSR count). The van der Waals surface area contributed by atoms with Gasteiger partial charge in [0.05, 0.1) is 17.9 Å². The van der Waals surface area contributed by atoms with Crippen molar-refractivity contribution in [2.24, 2.45) is 5.41 Å². The van der Waals surface area contributed by atoms with Gasteiger partial charge in [-0.3, -0.25) is 9.48 Å². The molecule has 1 amide bonds. The number of nitrogens with one attached hydrogen (secondary N) is 2. The fourth-order valence-electron chi connectivity index (χ4n) is 2.13. The molecular formula is C14H24N4O. The maximum atomic E-state index is 12.1. The van der Waals surface area contributed by atoms with Crippen LogP contribution in [-0.2, 0) is 4.79 Å². The average Bonchev–Trinajstić information content (AvgIpc) is 2.88. The maximum absolute atomic E-state index is 12.1. The molecule has 1 aliphatic rings. The van der Waals surface area contributed by atoms with Crippen LogP contribution < -0.4 is 10.6 Å². The molecule has 2 heterocycles. The van der Waals surface area contributed by atoms with E-state index < -0.39 is 0 Å². The molecule has 1 aromatic rings. The molecule has 0 aliphatic carbocycles. The van der Waals surface area contributed by atoms with Gasteiger partial charge in [-0.25, -0.2) is 0 Å². The van der Waals surface area contributed by atoms with E-state index in [-0.39, 0.29) is 11.3 Å². The van der Waals surface area contributed by atoms with Gasteiger partial charge in [0.1, 0.15) is 0 Å². The van der Waals surface area contributed by atoms with Crippen LogP contribution in [0.4, 0.5) is 5.69 Å². The second-order valence-corrected chi connectivity index (χ2v) is 5.88. The summed E-state index contributed by atoms with van der Waals surface area (Å²) in [6.07, 6.45) is 6.69. The Morgan fingerprint density at radius 3 is 2.84 bits per heavy atom. The zero-order valence-corrected chi connectivity index (χ0v) is 12.1. The second-order valence-electron chi connectivity index (χ2n) is 5.88. The molecule has 0 unspecified atom stereocenters. The summed E-state index contributed by atoms with van der Waals surface area (Å²) < 4.78 is 1.98. The summed E-state index contributed by atoms with van der Waals surface area (Å²) >= 11 is 0. The molecule has 0 spiro atoms. The lowest BCUT2D eigenvalue weighted by atomic mass is 9.89. The fraction of sp³-hybridized carbons (Fsp3) is 0.714. The summed E-state index contributed by atoms with van der Waals surface area (Å²) in [4.78, 5) is 12.1. The highest BCUT2D eigenvalue weighted by Crippen LogP contribution is 2.23. The van der Waals surface area contributed by atoms with Crippen molar-refractivity contribution in [1.82, 2.24) is 15.1 Å². The van der Waals surface area contributed by atoms with Crippen LogP contribution in [0.5, 0.6) is 0 Å². The third-order valence-electron chi connectivity index (χ3n) is 4.04. The first-order chi connectivity index (χ1) is 9.03. The van der Waals surface area contributed by atoms with Gasteiger partial charge in [-0.05, 0) is 32.4 Å². The van der Waals surface area contributed by atoms with Crippen LogP contribution in [0.2, 0.25) is 0 Å². The van der Waals surface area contributed by atoms with Gasteiger partial charge in [0.25, 0.3) is 0 Å². The maximum Gasteiger partial charge on any atom is 0.230 e. The van der Waals surface area contributed by atoms with Crippen molar-refractivity contribution in [3.05, 3.63) is 12.4 Å². The molecule has 1 aliphatic heterocycles. The Labute approximate surface area is 114 Å². The van der Waals surface area contributed by atoms with E-state index in [9.17, 15) is 4.79 Å². The van der Waals surface area contributed by atoms with Crippen molar-refractivity contribution in [2.45, 2.75) is 46.1 Å². The number of hydrogen-bond donors (Lipinski definition) is 2. The molecule has 0 radical (unpaired) electrons. The molecule has 0 aromatic carbocycles. The summed E-state index contributed by atoms with van der Waals surface area (Å²) in [5.74, 6) is 0.0554. The van der Waals surface area contributed by atoms with Crippen molar-refractivity contribution in [2.75, 3.05) is 18.4 Å².